The summed E-state index contributed by atoms with van der Waals surface area (Å²) >= 11 is 0. The predicted molar refractivity (Wildman–Crippen MR) is 74.6 cm³/mol. The molecule has 0 bridgehead atoms. The van der Waals surface area contributed by atoms with Crippen molar-refractivity contribution < 1.29 is 8.78 Å². The van der Waals surface area contributed by atoms with Gasteiger partial charge in [-0.15, -0.1) is 0 Å². The van der Waals surface area contributed by atoms with E-state index in [1.165, 1.54) is 12.1 Å². The largest absolute Gasteiger partial charge is 0.306 e. The van der Waals surface area contributed by atoms with Crippen LogP contribution in [0.5, 0.6) is 0 Å². The molecule has 0 saturated heterocycles. The van der Waals surface area contributed by atoms with Crippen LogP contribution in [0.4, 0.5) is 8.78 Å². The number of nitrogens with one attached hydrogen (secondary N) is 1. The lowest BCUT2D eigenvalue weighted by atomic mass is 9.96. The maximum absolute atomic E-state index is 14.1. The van der Waals surface area contributed by atoms with Gasteiger partial charge in [0, 0.05) is 29.9 Å². The first-order valence-corrected chi connectivity index (χ1v) is 6.64. The second-order valence-electron chi connectivity index (χ2n) is 4.86. The summed E-state index contributed by atoms with van der Waals surface area (Å²) in [6.07, 6.45) is 0. The third-order valence-corrected chi connectivity index (χ3v) is 3.54. The quantitative estimate of drug-likeness (QED) is 0.932. The van der Waals surface area contributed by atoms with Crippen molar-refractivity contribution in [2.45, 2.75) is 26.8 Å². The minimum absolute atomic E-state index is 0.325. The number of benzene rings is 1. The predicted octanol–water partition coefficient (Wildman–Crippen LogP) is 3.01. The van der Waals surface area contributed by atoms with Crippen LogP contribution >= 0.6 is 0 Å². The maximum Gasteiger partial charge on any atom is 0.131 e. The Hall–Kier alpha value is -1.75. The van der Waals surface area contributed by atoms with E-state index in [4.69, 9.17) is 0 Å². The summed E-state index contributed by atoms with van der Waals surface area (Å²) in [5, 5.41) is 7.62. The standard InChI is InChI=1S/C15H19F2N3/c1-5-18-15(12-7-6-11(16)8-13(12)17)14-9(2)19-20(4)10(14)3/h6-8,15,18H,5H2,1-4H3. The van der Waals surface area contributed by atoms with Gasteiger partial charge < -0.3 is 5.32 Å². The number of nitrogens with zero attached hydrogens (tertiary/aromatic N) is 2. The molecular weight excluding hydrogens is 260 g/mol. The van der Waals surface area contributed by atoms with Gasteiger partial charge in [0.1, 0.15) is 11.6 Å². The number of aromatic nitrogens is 2. The Morgan fingerprint density at radius 3 is 2.50 bits per heavy atom. The van der Waals surface area contributed by atoms with Gasteiger partial charge >= 0.3 is 0 Å². The molecule has 1 aromatic carbocycles. The van der Waals surface area contributed by atoms with E-state index in [2.05, 4.69) is 10.4 Å². The molecule has 0 saturated carbocycles. The van der Waals surface area contributed by atoms with Gasteiger partial charge in [-0.3, -0.25) is 4.68 Å². The third kappa shape index (κ3) is 2.58. The lowest BCUT2D eigenvalue weighted by molar-refractivity contribution is 0.539. The van der Waals surface area contributed by atoms with Gasteiger partial charge in [0.25, 0.3) is 0 Å². The molecule has 1 atom stereocenters. The molecule has 108 valence electrons. The number of hydrogen-bond acceptors (Lipinski definition) is 2. The molecule has 2 aromatic rings. The van der Waals surface area contributed by atoms with Crippen LogP contribution in [0.15, 0.2) is 18.2 Å². The molecule has 0 aliphatic rings. The molecule has 1 unspecified atom stereocenters. The van der Waals surface area contributed by atoms with Crippen LogP contribution in [0.1, 0.15) is 35.5 Å². The van der Waals surface area contributed by atoms with E-state index in [0.717, 1.165) is 23.0 Å². The fourth-order valence-electron chi connectivity index (χ4n) is 2.52. The van der Waals surface area contributed by atoms with Gasteiger partial charge in [0.15, 0.2) is 0 Å². The number of aryl methyl sites for hydroxylation is 2. The first-order chi connectivity index (χ1) is 9.45. The van der Waals surface area contributed by atoms with Crippen molar-refractivity contribution >= 4 is 0 Å². The first kappa shape index (κ1) is 14.7. The highest BCUT2D eigenvalue weighted by Crippen LogP contribution is 2.29. The molecule has 0 aliphatic carbocycles. The summed E-state index contributed by atoms with van der Waals surface area (Å²) < 4.78 is 28.9. The van der Waals surface area contributed by atoms with E-state index in [1.54, 1.807) is 4.68 Å². The second kappa shape index (κ2) is 5.71. The molecule has 3 nitrogen and oxygen atoms in total. The summed E-state index contributed by atoms with van der Waals surface area (Å²) in [5.41, 5.74) is 3.20. The molecule has 1 heterocycles. The molecule has 0 amide bonds. The average molecular weight is 279 g/mol. The lowest BCUT2D eigenvalue weighted by Gasteiger charge is -2.20. The van der Waals surface area contributed by atoms with Crippen molar-refractivity contribution in [3.63, 3.8) is 0 Å². The maximum atomic E-state index is 14.1. The Morgan fingerprint density at radius 1 is 1.30 bits per heavy atom. The SMILES string of the molecule is CCNC(c1ccc(F)cc1F)c1c(C)nn(C)c1C. The Bertz CT molecular complexity index is 620. The summed E-state index contributed by atoms with van der Waals surface area (Å²) in [6.45, 7) is 6.47. The first-order valence-electron chi connectivity index (χ1n) is 6.64. The van der Waals surface area contributed by atoms with Crippen molar-refractivity contribution in [2.24, 2.45) is 7.05 Å². The lowest BCUT2D eigenvalue weighted by Crippen LogP contribution is -2.24. The second-order valence-corrected chi connectivity index (χ2v) is 4.86. The smallest absolute Gasteiger partial charge is 0.131 e. The van der Waals surface area contributed by atoms with Crippen LogP contribution < -0.4 is 5.32 Å². The monoisotopic (exact) mass is 279 g/mol. The molecule has 1 N–H and O–H groups in total. The van der Waals surface area contributed by atoms with Gasteiger partial charge in [-0.05, 0) is 26.5 Å². The van der Waals surface area contributed by atoms with Crippen LogP contribution in [0.3, 0.4) is 0 Å². The van der Waals surface area contributed by atoms with Gasteiger partial charge in [-0.25, -0.2) is 8.78 Å². The normalized spacial score (nSPS) is 12.7. The van der Waals surface area contributed by atoms with Gasteiger partial charge in [0.2, 0.25) is 0 Å². The molecule has 20 heavy (non-hydrogen) atoms. The molecule has 0 aliphatic heterocycles. The number of rotatable bonds is 4. The highest BCUT2D eigenvalue weighted by molar-refractivity contribution is 5.37. The van der Waals surface area contributed by atoms with E-state index in [-0.39, 0.29) is 6.04 Å². The molecule has 2 rings (SSSR count). The van der Waals surface area contributed by atoms with Crippen LogP contribution in [-0.4, -0.2) is 16.3 Å². The van der Waals surface area contributed by atoms with Crippen LogP contribution in [0.25, 0.3) is 0 Å². The van der Waals surface area contributed by atoms with Gasteiger partial charge in [-0.1, -0.05) is 13.0 Å². The highest BCUT2D eigenvalue weighted by atomic mass is 19.1. The Morgan fingerprint density at radius 2 is 2.00 bits per heavy atom. The van der Waals surface area contributed by atoms with Crippen molar-refractivity contribution in [3.8, 4) is 0 Å². The number of hydrogen-bond donors (Lipinski definition) is 1. The zero-order valence-electron chi connectivity index (χ0n) is 12.2. The average Bonchev–Trinajstić information content (AvgIpc) is 2.62. The van der Waals surface area contributed by atoms with Crippen molar-refractivity contribution in [2.75, 3.05) is 6.54 Å². The van der Waals surface area contributed by atoms with E-state index in [9.17, 15) is 8.78 Å². The third-order valence-electron chi connectivity index (χ3n) is 3.54. The Labute approximate surface area is 117 Å². The molecule has 0 radical (unpaired) electrons. The molecular formula is C15H19F2N3. The van der Waals surface area contributed by atoms with Crippen molar-refractivity contribution in [3.05, 3.63) is 52.3 Å². The Balaban J connectivity index is 2.56. The fraction of sp³-hybridized carbons (Fsp3) is 0.400. The van der Waals surface area contributed by atoms with Gasteiger partial charge in [0.05, 0.1) is 11.7 Å². The number of halogens is 2. The van der Waals surface area contributed by atoms with Crippen molar-refractivity contribution in [1.29, 1.82) is 0 Å². The molecule has 1 aromatic heterocycles. The van der Waals surface area contributed by atoms with E-state index in [0.29, 0.717) is 12.1 Å². The fourth-order valence-corrected chi connectivity index (χ4v) is 2.52. The van der Waals surface area contributed by atoms with E-state index < -0.39 is 11.6 Å². The van der Waals surface area contributed by atoms with Crippen molar-refractivity contribution in [1.82, 2.24) is 15.1 Å². The summed E-state index contributed by atoms with van der Waals surface area (Å²) in [4.78, 5) is 0. The summed E-state index contributed by atoms with van der Waals surface area (Å²) in [6, 6.07) is 3.36. The highest BCUT2D eigenvalue weighted by Gasteiger charge is 2.23. The Kier molecular flexibility index (Phi) is 4.18. The van der Waals surface area contributed by atoms with Gasteiger partial charge in [-0.2, -0.15) is 5.10 Å². The van der Waals surface area contributed by atoms with Crippen LogP contribution in [0.2, 0.25) is 0 Å². The van der Waals surface area contributed by atoms with Crippen LogP contribution in [0, 0.1) is 25.5 Å². The van der Waals surface area contributed by atoms with E-state index >= 15 is 0 Å². The molecule has 0 spiro atoms. The summed E-state index contributed by atoms with van der Waals surface area (Å²) in [7, 11) is 1.86. The zero-order valence-corrected chi connectivity index (χ0v) is 12.2. The minimum atomic E-state index is -0.568. The zero-order chi connectivity index (χ0) is 14.9. The molecule has 5 heteroatoms. The topological polar surface area (TPSA) is 29.9 Å². The van der Waals surface area contributed by atoms with E-state index in [1.807, 2.05) is 27.8 Å². The summed E-state index contributed by atoms with van der Waals surface area (Å²) in [5.74, 6) is -1.11. The van der Waals surface area contributed by atoms with Crippen LogP contribution in [-0.2, 0) is 7.05 Å². The minimum Gasteiger partial charge on any atom is -0.306 e. The molecule has 0 fully saturated rings.